The molecule has 1 N–H and O–H groups in total. The van der Waals surface area contributed by atoms with Crippen LogP contribution in [-0.2, 0) is 17.1 Å². The molecule has 6 nitrogen and oxygen atoms in total. The molecular formula is C6H11ClN4O2S. The molecule has 8 heteroatoms. The van der Waals surface area contributed by atoms with E-state index < -0.39 is 10.0 Å². The van der Waals surface area contributed by atoms with Crippen molar-refractivity contribution < 1.29 is 8.42 Å². The minimum atomic E-state index is -3.35. The number of anilines is 1. The van der Waals surface area contributed by atoms with Gasteiger partial charge in [-0.2, -0.15) is 10.1 Å². The molecule has 0 fully saturated rings. The third kappa shape index (κ3) is 3.15. The number of aromatic nitrogens is 3. The fourth-order valence-corrected chi connectivity index (χ4v) is 2.20. The lowest BCUT2D eigenvalue weighted by molar-refractivity contribution is 0.599. The maximum absolute atomic E-state index is 11.4. The average molecular weight is 239 g/mol. The number of nitrogens with zero attached hydrogens (tertiary/aromatic N) is 3. The van der Waals surface area contributed by atoms with Crippen molar-refractivity contribution in [3.8, 4) is 0 Å². The first-order chi connectivity index (χ1) is 6.55. The van der Waals surface area contributed by atoms with Crippen LogP contribution < -0.4 is 4.72 Å². The number of alkyl halides is 1. The molecule has 1 rings (SSSR count). The molecule has 0 bridgehead atoms. The van der Waals surface area contributed by atoms with Gasteiger partial charge >= 0.3 is 0 Å². The minimum Gasteiger partial charge on any atom is -0.251 e. The number of sulfonamides is 1. The molecule has 0 unspecified atom stereocenters. The van der Waals surface area contributed by atoms with Crippen molar-refractivity contribution in [3.63, 3.8) is 0 Å². The lowest BCUT2D eigenvalue weighted by Crippen LogP contribution is -2.19. The van der Waals surface area contributed by atoms with E-state index in [1.807, 2.05) is 0 Å². The molecule has 0 saturated heterocycles. The first-order valence-corrected chi connectivity index (χ1v) is 6.14. The van der Waals surface area contributed by atoms with Gasteiger partial charge in [0.2, 0.25) is 16.0 Å². The average Bonchev–Trinajstić information content (AvgIpc) is 2.48. The molecule has 0 atom stereocenters. The Morgan fingerprint density at radius 3 is 2.86 bits per heavy atom. The molecular weight excluding hydrogens is 228 g/mol. The second-order valence-corrected chi connectivity index (χ2v) is 4.89. The van der Waals surface area contributed by atoms with Crippen molar-refractivity contribution in [2.24, 2.45) is 7.05 Å². The van der Waals surface area contributed by atoms with Gasteiger partial charge in [0.25, 0.3) is 0 Å². The smallest absolute Gasteiger partial charge is 0.235 e. The molecule has 0 aliphatic carbocycles. The van der Waals surface area contributed by atoms with Gasteiger partial charge < -0.3 is 0 Å². The normalized spacial score (nSPS) is 11.6. The largest absolute Gasteiger partial charge is 0.251 e. The fraction of sp³-hybridized carbons (Fsp3) is 0.667. The Bertz CT molecular complexity index is 388. The highest BCUT2D eigenvalue weighted by molar-refractivity contribution is 7.92. The summed E-state index contributed by atoms with van der Waals surface area (Å²) >= 11 is 5.40. The van der Waals surface area contributed by atoms with Crippen molar-refractivity contribution in [2.75, 3.05) is 16.4 Å². The van der Waals surface area contributed by atoms with Crippen LogP contribution in [0.15, 0.2) is 6.33 Å². The Balaban J connectivity index is 2.64. The van der Waals surface area contributed by atoms with E-state index in [1.54, 1.807) is 7.05 Å². The quantitative estimate of drug-likeness (QED) is 0.743. The summed E-state index contributed by atoms with van der Waals surface area (Å²) in [6, 6.07) is 0. The minimum absolute atomic E-state index is 0.0106. The van der Waals surface area contributed by atoms with E-state index in [2.05, 4.69) is 14.8 Å². The van der Waals surface area contributed by atoms with Crippen molar-refractivity contribution in [2.45, 2.75) is 6.42 Å². The summed E-state index contributed by atoms with van der Waals surface area (Å²) in [6.07, 6.45) is 1.69. The predicted octanol–water partition coefficient (Wildman–Crippen LogP) is 0.186. The van der Waals surface area contributed by atoms with E-state index in [4.69, 9.17) is 11.6 Å². The number of aryl methyl sites for hydroxylation is 1. The van der Waals surface area contributed by atoms with Crippen LogP contribution in [0.1, 0.15) is 6.42 Å². The number of hydrogen-bond acceptors (Lipinski definition) is 4. The molecule has 0 saturated carbocycles. The maximum atomic E-state index is 11.4. The summed E-state index contributed by atoms with van der Waals surface area (Å²) in [5.41, 5.74) is 0. The van der Waals surface area contributed by atoms with Gasteiger partial charge in [0.15, 0.2) is 0 Å². The summed E-state index contributed by atoms with van der Waals surface area (Å²) < 4.78 is 26.4. The first-order valence-electron chi connectivity index (χ1n) is 3.95. The van der Waals surface area contributed by atoms with E-state index in [-0.39, 0.29) is 11.7 Å². The maximum Gasteiger partial charge on any atom is 0.235 e. The lowest BCUT2D eigenvalue weighted by atomic mass is 10.6. The lowest BCUT2D eigenvalue weighted by Gasteiger charge is -2.04. The Hall–Kier alpha value is -0.820. The van der Waals surface area contributed by atoms with Crippen LogP contribution in [-0.4, -0.2) is 34.8 Å². The van der Waals surface area contributed by atoms with Gasteiger partial charge in [0.05, 0.1) is 5.75 Å². The highest BCUT2D eigenvalue weighted by atomic mass is 35.5. The standard InChI is InChI=1S/C6H11ClN4O2S/c1-11-6(8-5-9-11)10-14(12,13)4-2-3-7/h5H,2-4H2,1H3,(H,8,9,10). The molecule has 14 heavy (non-hydrogen) atoms. The molecule has 0 spiro atoms. The third-order valence-corrected chi connectivity index (χ3v) is 3.09. The van der Waals surface area contributed by atoms with Crippen LogP contribution >= 0.6 is 11.6 Å². The van der Waals surface area contributed by atoms with Crippen molar-refractivity contribution >= 4 is 27.6 Å². The highest BCUT2D eigenvalue weighted by Gasteiger charge is 2.12. The molecule has 0 radical (unpaired) electrons. The van der Waals surface area contributed by atoms with Crippen molar-refractivity contribution in [1.29, 1.82) is 0 Å². The van der Waals surface area contributed by atoms with Crippen LogP contribution in [0, 0.1) is 0 Å². The van der Waals surface area contributed by atoms with Gasteiger partial charge in [0.1, 0.15) is 6.33 Å². The van der Waals surface area contributed by atoms with E-state index in [0.717, 1.165) is 0 Å². The van der Waals surface area contributed by atoms with Crippen LogP contribution in [0.2, 0.25) is 0 Å². The van der Waals surface area contributed by atoms with Gasteiger partial charge in [-0.15, -0.1) is 11.6 Å². The third-order valence-electron chi connectivity index (χ3n) is 1.50. The summed E-state index contributed by atoms with van der Waals surface area (Å²) in [5, 5.41) is 3.73. The van der Waals surface area contributed by atoms with Gasteiger partial charge in [-0.05, 0) is 6.42 Å². The van der Waals surface area contributed by atoms with E-state index in [0.29, 0.717) is 12.3 Å². The fourth-order valence-electron chi connectivity index (χ4n) is 0.823. The van der Waals surface area contributed by atoms with E-state index in [9.17, 15) is 8.42 Å². The number of halogens is 1. The number of nitrogens with one attached hydrogen (secondary N) is 1. The van der Waals surface area contributed by atoms with Crippen molar-refractivity contribution in [3.05, 3.63) is 6.33 Å². The van der Waals surface area contributed by atoms with E-state index >= 15 is 0 Å². The molecule has 1 aromatic heterocycles. The first kappa shape index (κ1) is 11.3. The Labute approximate surface area is 87.3 Å². The SMILES string of the molecule is Cn1ncnc1NS(=O)(=O)CCCCl. The second kappa shape index (κ2) is 4.61. The van der Waals surface area contributed by atoms with Gasteiger partial charge in [0, 0.05) is 12.9 Å². The predicted molar refractivity (Wildman–Crippen MR) is 53.7 cm³/mol. The van der Waals surface area contributed by atoms with E-state index in [1.165, 1.54) is 11.0 Å². The Kier molecular flexibility index (Phi) is 3.70. The van der Waals surface area contributed by atoms with Gasteiger partial charge in [-0.3, -0.25) is 4.72 Å². The Morgan fingerprint density at radius 1 is 1.64 bits per heavy atom. The molecule has 1 heterocycles. The molecule has 0 aliphatic rings. The van der Waals surface area contributed by atoms with Crippen LogP contribution in [0.4, 0.5) is 5.95 Å². The van der Waals surface area contributed by atoms with Crippen LogP contribution in [0.5, 0.6) is 0 Å². The molecule has 0 aromatic carbocycles. The number of rotatable bonds is 5. The van der Waals surface area contributed by atoms with Crippen molar-refractivity contribution in [1.82, 2.24) is 14.8 Å². The van der Waals surface area contributed by atoms with Crippen LogP contribution in [0.25, 0.3) is 0 Å². The van der Waals surface area contributed by atoms with Gasteiger partial charge in [-0.25, -0.2) is 13.1 Å². The summed E-state index contributed by atoms with van der Waals surface area (Å²) in [6.45, 7) is 0. The molecule has 80 valence electrons. The Morgan fingerprint density at radius 2 is 2.36 bits per heavy atom. The summed E-state index contributed by atoms with van der Waals surface area (Å²) in [4.78, 5) is 3.74. The topological polar surface area (TPSA) is 76.9 Å². The number of hydrogen-bond donors (Lipinski definition) is 1. The second-order valence-electron chi connectivity index (χ2n) is 2.67. The molecule has 0 aliphatic heterocycles. The summed E-state index contributed by atoms with van der Waals surface area (Å²) in [7, 11) is -1.74. The molecule has 0 amide bonds. The zero-order valence-corrected chi connectivity index (χ0v) is 9.22. The monoisotopic (exact) mass is 238 g/mol. The molecule has 1 aromatic rings. The highest BCUT2D eigenvalue weighted by Crippen LogP contribution is 2.03. The van der Waals surface area contributed by atoms with Gasteiger partial charge in [-0.1, -0.05) is 0 Å². The summed E-state index contributed by atoms with van der Waals surface area (Å²) in [5.74, 6) is 0.517. The zero-order valence-electron chi connectivity index (χ0n) is 7.64. The van der Waals surface area contributed by atoms with Crippen LogP contribution in [0.3, 0.4) is 0 Å². The zero-order chi connectivity index (χ0) is 10.6.